The van der Waals surface area contributed by atoms with E-state index in [9.17, 15) is 0 Å². The molecule has 4 heteroatoms. The molecule has 1 heterocycles. The quantitative estimate of drug-likeness (QED) is 0.849. The number of halogens is 1. The molecule has 1 aromatic heterocycles. The molecule has 15 heavy (non-hydrogen) atoms. The maximum Gasteiger partial charge on any atom is 0.169 e. The number of rotatable bonds is 2. The fourth-order valence-electron chi connectivity index (χ4n) is 1.42. The summed E-state index contributed by atoms with van der Waals surface area (Å²) in [6.07, 6.45) is 0.928. The summed E-state index contributed by atoms with van der Waals surface area (Å²) in [5, 5.41) is 4.33. The van der Waals surface area contributed by atoms with Crippen LogP contribution in [-0.2, 0) is 6.42 Å². The number of nitrogens with zero attached hydrogens (tertiary/aromatic N) is 1. The van der Waals surface area contributed by atoms with E-state index < -0.39 is 0 Å². The Bertz CT molecular complexity index is 479. The van der Waals surface area contributed by atoms with Gasteiger partial charge in [0.2, 0.25) is 0 Å². The number of nitrogen functional groups attached to an aromatic ring is 1. The molecule has 0 radical (unpaired) electrons. The fraction of sp³-hybridized carbons (Fsp3) is 0.182. The summed E-state index contributed by atoms with van der Waals surface area (Å²) in [6, 6.07) is 7.47. The van der Waals surface area contributed by atoms with Crippen molar-refractivity contribution in [2.45, 2.75) is 13.3 Å². The molecule has 3 nitrogen and oxygen atoms in total. The van der Waals surface area contributed by atoms with Crippen LogP contribution in [0.4, 0.5) is 5.82 Å². The van der Waals surface area contributed by atoms with Gasteiger partial charge in [0.25, 0.3) is 0 Å². The van der Waals surface area contributed by atoms with Crippen LogP contribution in [0.5, 0.6) is 0 Å². The molecule has 0 bridgehead atoms. The molecule has 0 saturated heterocycles. The molecule has 1 aromatic carbocycles. The zero-order valence-electron chi connectivity index (χ0n) is 8.33. The minimum Gasteiger partial charge on any atom is -0.381 e. The standard InChI is InChI=1S/C11H11ClN2O/c1-2-7-3-8(5-9(12)4-7)10-6-11(13)14-15-10/h3-6H,2H2,1H3,(H2,13,14). The average Bonchev–Trinajstić information content (AvgIpc) is 2.64. The lowest BCUT2D eigenvalue weighted by atomic mass is 10.1. The Balaban J connectivity index is 2.48. The second-order valence-electron chi connectivity index (χ2n) is 3.32. The van der Waals surface area contributed by atoms with E-state index in [0.29, 0.717) is 16.6 Å². The predicted octanol–water partition coefficient (Wildman–Crippen LogP) is 3.14. The van der Waals surface area contributed by atoms with E-state index in [-0.39, 0.29) is 0 Å². The molecular weight excluding hydrogens is 212 g/mol. The summed E-state index contributed by atoms with van der Waals surface area (Å²) in [7, 11) is 0. The predicted molar refractivity (Wildman–Crippen MR) is 60.7 cm³/mol. The van der Waals surface area contributed by atoms with Gasteiger partial charge in [0.1, 0.15) is 0 Å². The molecule has 0 aliphatic heterocycles. The molecule has 2 N–H and O–H groups in total. The summed E-state index contributed by atoms with van der Waals surface area (Å²) in [5.41, 5.74) is 7.55. The van der Waals surface area contributed by atoms with Gasteiger partial charge in [-0.3, -0.25) is 0 Å². The van der Waals surface area contributed by atoms with E-state index >= 15 is 0 Å². The van der Waals surface area contributed by atoms with Crippen molar-refractivity contribution in [2.24, 2.45) is 0 Å². The van der Waals surface area contributed by atoms with E-state index in [1.54, 1.807) is 6.07 Å². The smallest absolute Gasteiger partial charge is 0.169 e. The van der Waals surface area contributed by atoms with Crippen molar-refractivity contribution in [1.82, 2.24) is 5.16 Å². The minimum atomic E-state index is 0.378. The van der Waals surface area contributed by atoms with Gasteiger partial charge in [-0.1, -0.05) is 23.7 Å². The first-order chi connectivity index (χ1) is 7.19. The molecule has 78 valence electrons. The minimum absolute atomic E-state index is 0.378. The van der Waals surface area contributed by atoms with Crippen LogP contribution in [0.2, 0.25) is 5.02 Å². The molecule has 0 aliphatic carbocycles. The monoisotopic (exact) mass is 222 g/mol. The van der Waals surface area contributed by atoms with E-state index in [1.807, 2.05) is 18.2 Å². The highest BCUT2D eigenvalue weighted by Crippen LogP contribution is 2.26. The van der Waals surface area contributed by atoms with Crippen LogP contribution in [0.1, 0.15) is 12.5 Å². The average molecular weight is 223 g/mol. The number of nitrogens with two attached hydrogens (primary N) is 1. The molecule has 0 amide bonds. The second kappa shape index (κ2) is 3.95. The lowest BCUT2D eigenvalue weighted by Crippen LogP contribution is -1.83. The number of anilines is 1. The molecule has 0 aliphatic rings. The number of hydrogen-bond acceptors (Lipinski definition) is 3. The lowest BCUT2D eigenvalue weighted by molar-refractivity contribution is 0.436. The molecule has 2 rings (SSSR count). The SMILES string of the molecule is CCc1cc(Cl)cc(-c2cc(N)no2)c1. The molecule has 0 unspecified atom stereocenters. The van der Waals surface area contributed by atoms with Gasteiger partial charge in [-0.05, 0) is 30.2 Å². The Morgan fingerprint density at radius 1 is 1.33 bits per heavy atom. The molecule has 0 saturated carbocycles. The highest BCUT2D eigenvalue weighted by atomic mass is 35.5. The van der Waals surface area contributed by atoms with Crippen LogP contribution in [-0.4, -0.2) is 5.16 Å². The second-order valence-corrected chi connectivity index (χ2v) is 3.75. The summed E-state index contributed by atoms with van der Waals surface area (Å²) in [5.74, 6) is 1.02. The number of aryl methyl sites for hydroxylation is 1. The third kappa shape index (κ3) is 2.13. The Labute approximate surface area is 92.8 Å². The molecular formula is C11H11ClN2O. The van der Waals surface area contributed by atoms with Crippen LogP contribution in [0, 0.1) is 0 Å². The normalized spacial score (nSPS) is 10.5. The van der Waals surface area contributed by atoms with Crippen LogP contribution in [0.3, 0.4) is 0 Å². The molecule has 0 spiro atoms. The summed E-state index contributed by atoms with van der Waals surface area (Å²) in [6.45, 7) is 2.07. The Kier molecular flexibility index (Phi) is 2.64. The van der Waals surface area contributed by atoms with Crippen molar-refractivity contribution >= 4 is 17.4 Å². The molecule has 0 fully saturated rings. The maximum absolute atomic E-state index is 5.99. The van der Waals surface area contributed by atoms with Crippen LogP contribution in [0.15, 0.2) is 28.8 Å². The van der Waals surface area contributed by atoms with Gasteiger partial charge in [0.05, 0.1) is 0 Å². The Hall–Kier alpha value is -1.48. The first-order valence-electron chi connectivity index (χ1n) is 4.71. The maximum atomic E-state index is 5.99. The number of aromatic nitrogens is 1. The van der Waals surface area contributed by atoms with Crippen molar-refractivity contribution in [1.29, 1.82) is 0 Å². The van der Waals surface area contributed by atoms with Crippen molar-refractivity contribution in [2.75, 3.05) is 5.73 Å². The van der Waals surface area contributed by atoms with E-state index in [0.717, 1.165) is 17.5 Å². The van der Waals surface area contributed by atoms with Crippen molar-refractivity contribution in [3.8, 4) is 11.3 Å². The Morgan fingerprint density at radius 2 is 2.13 bits per heavy atom. The highest BCUT2D eigenvalue weighted by Gasteiger charge is 2.06. The van der Waals surface area contributed by atoms with E-state index in [1.165, 1.54) is 0 Å². The lowest BCUT2D eigenvalue weighted by Gasteiger charge is -2.01. The van der Waals surface area contributed by atoms with Gasteiger partial charge in [0.15, 0.2) is 11.6 Å². The topological polar surface area (TPSA) is 52.0 Å². The number of hydrogen-bond donors (Lipinski definition) is 1. The van der Waals surface area contributed by atoms with Crippen molar-refractivity contribution in [3.63, 3.8) is 0 Å². The van der Waals surface area contributed by atoms with Gasteiger partial charge in [0, 0.05) is 16.7 Å². The third-order valence-electron chi connectivity index (χ3n) is 2.18. The fourth-order valence-corrected chi connectivity index (χ4v) is 1.68. The third-order valence-corrected chi connectivity index (χ3v) is 2.40. The summed E-state index contributed by atoms with van der Waals surface area (Å²) in [4.78, 5) is 0. The summed E-state index contributed by atoms with van der Waals surface area (Å²) < 4.78 is 5.07. The van der Waals surface area contributed by atoms with Gasteiger partial charge in [-0.15, -0.1) is 0 Å². The zero-order chi connectivity index (χ0) is 10.8. The first kappa shape index (κ1) is 10.1. The molecule has 0 atom stereocenters. The van der Waals surface area contributed by atoms with Crippen LogP contribution < -0.4 is 5.73 Å². The highest BCUT2D eigenvalue weighted by molar-refractivity contribution is 6.30. The van der Waals surface area contributed by atoms with Crippen LogP contribution in [0.25, 0.3) is 11.3 Å². The molecule has 2 aromatic rings. The summed E-state index contributed by atoms with van der Waals surface area (Å²) >= 11 is 5.99. The van der Waals surface area contributed by atoms with Crippen molar-refractivity contribution in [3.05, 3.63) is 34.9 Å². The van der Waals surface area contributed by atoms with E-state index in [4.69, 9.17) is 21.9 Å². The van der Waals surface area contributed by atoms with Crippen LogP contribution >= 0.6 is 11.6 Å². The zero-order valence-corrected chi connectivity index (χ0v) is 9.08. The van der Waals surface area contributed by atoms with Gasteiger partial charge in [-0.2, -0.15) is 0 Å². The largest absolute Gasteiger partial charge is 0.381 e. The van der Waals surface area contributed by atoms with Gasteiger partial charge < -0.3 is 10.3 Å². The van der Waals surface area contributed by atoms with Gasteiger partial charge in [-0.25, -0.2) is 0 Å². The van der Waals surface area contributed by atoms with Crippen molar-refractivity contribution < 1.29 is 4.52 Å². The first-order valence-corrected chi connectivity index (χ1v) is 5.09. The number of benzene rings is 1. The van der Waals surface area contributed by atoms with E-state index in [2.05, 4.69) is 12.1 Å². The van der Waals surface area contributed by atoms with Gasteiger partial charge >= 0.3 is 0 Å². The Morgan fingerprint density at radius 3 is 2.73 bits per heavy atom.